The van der Waals surface area contributed by atoms with Crippen molar-refractivity contribution in [2.45, 2.75) is 21.6 Å². The Morgan fingerprint density at radius 3 is 1.94 bits per heavy atom. The number of azo groups is 1. The summed E-state index contributed by atoms with van der Waals surface area (Å²) in [7, 11) is -14.6. The van der Waals surface area contributed by atoms with Gasteiger partial charge in [-0.1, -0.05) is 6.07 Å². The van der Waals surface area contributed by atoms with E-state index >= 15 is 0 Å². The number of rotatable bonds is 5. The van der Waals surface area contributed by atoms with Crippen molar-refractivity contribution in [3.05, 3.63) is 42.0 Å². The van der Waals surface area contributed by atoms with Crippen LogP contribution in [0.4, 0.5) is 17.1 Å². The first kappa shape index (κ1) is 24.5. The number of aryl methyl sites for hydroxylation is 1. The molecule has 3 rings (SSSR count). The Bertz CT molecular complexity index is 1660. The summed E-state index contributed by atoms with van der Waals surface area (Å²) in [6.07, 6.45) is 0. The van der Waals surface area contributed by atoms with Crippen LogP contribution in [0.2, 0.25) is 0 Å². The second kappa shape index (κ2) is 8.01. The minimum absolute atomic E-state index is 0.289. The van der Waals surface area contributed by atoms with E-state index in [1.54, 1.807) is 0 Å². The lowest BCUT2D eigenvalue weighted by atomic mass is 10.1. The van der Waals surface area contributed by atoms with Crippen molar-refractivity contribution >= 4 is 58.2 Å². The Kier molecular flexibility index (Phi) is 5.95. The molecule has 0 atom stereocenters. The van der Waals surface area contributed by atoms with Crippen molar-refractivity contribution in [1.29, 1.82) is 0 Å². The lowest BCUT2D eigenvalue weighted by Gasteiger charge is -2.12. The molecule has 0 saturated heterocycles. The first-order chi connectivity index (χ1) is 15.0. The molecule has 3 aromatic carbocycles. The quantitative estimate of drug-likeness (QED) is 0.187. The zero-order valence-corrected chi connectivity index (χ0v) is 18.8. The van der Waals surface area contributed by atoms with E-state index in [0.29, 0.717) is 5.56 Å². The van der Waals surface area contributed by atoms with Gasteiger partial charge in [0.05, 0.1) is 4.90 Å². The Morgan fingerprint density at radius 1 is 0.788 bits per heavy atom. The van der Waals surface area contributed by atoms with E-state index in [1.807, 2.05) is 0 Å². The molecule has 0 aliphatic heterocycles. The Morgan fingerprint density at radius 2 is 1.39 bits per heavy atom. The number of phenols is 1. The van der Waals surface area contributed by atoms with Gasteiger partial charge in [-0.2, -0.15) is 25.3 Å². The summed E-state index contributed by atoms with van der Waals surface area (Å²) in [6, 6.07) is 5.96. The molecule has 33 heavy (non-hydrogen) atoms. The van der Waals surface area contributed by atoms with Crippen LogP contribution in [-0.4, -0.2) is 44.0 Å². The molecule has 6 N–H and O–H groups in total. The van der Waals surface area contributed by atoms with Crippen molar-refractivity contribution in [3.8, 4) is 5.75 Å². The summed E-state index contributed by atoms with van der Waals surface area (Å²) in [5.41, 5.74) is 4.53. The minimum atomic E-state index is -5.09. The van der Waals surface area contributed by atoms with Crippen molar-refractivity contribution in [3.63, 3.8) is 0 Å². The van der Waals surface area contributed by atoms with Gasteiger partial charge in [0.1, 0.15) is 21.2 Å². The lowest BCUT2D eigenvalue weighted by molar-refractivity contribution is 0.472. The number of anilines is 1. The van der Waals surface area contributed by atoms with Crippen LogP contribution in [0.1, 0.15) is 5.56 Å². The summed E-state index contributed by atoms with van der Waals surface area (Å²) < 4.78 is 98.1. The molecule has 0 unspecified atom stereocenters. The molecule has 0 saturated carbocycles. The number of nitrogen functional groups attached to an aromatic ring is 1. The van der Waals surface area contributed by atoms with Crippen LogP contribution in [0.5, 0.6) is 5.75 Å². The SMILES string of the molecule is Cc1ccc(N=Nc2c(S(=O)(=O)O)cc3cc(S(=O)(=O)O)cc(N)c3c2O)c(S(=O)(=O)O)c1. The Labute approximate surface area is 187 Å². The predicted octanol–water partition coefficient (Wildman–Crippen LogP) is 2.59. The van der Waals surface area contributed by atoms with Crippen LogP contribution >= 0.6 is 0 Å². The summed E-state index contributed by atoms with van der Waals surface area (Å²) in [6.45, 7) is 1.53. The first-order valence-electron chi connectivity index (χ1n) is 8.54. The van der Waals surface area contributed by atoms with E-state index in [9.17, 15) is 44.0 Å². The molecule has 0 aliphatic carbocycles. The smallest absolute Gasteiger partial charge is 0.296 e. The van der Waals surface area contributed by atoms with Gasteiger partial charge >= 0.3 is 0 Å². The third-order valence-corrected chi connectivity index (χ3v) is 6.96. The maximum absolute atomic E-state index is 11.9. The van der Waals surface area contributed by atoms with Crippen LogP contribution in [0.25, 0.3) is 10.8 Å². The summed E-state index contributed by atoms with van der Waals surface area (Å²) in [4.78, 5) is -2.39. The highest BCUT2D eigenvalue weighted by molar-refractivity contribution is 7.86. The molecule has 0 fully saturated rings. The van der Waals surface area contributed by atoms with Crippen molar-refractivity contribution in [2.24, 2.45) is 10.2 Å². The highest BCUT2D eigenvalue weighted by Crippen LogP contribution is 2.44. The standard InChI is InChI=1S/C17H15N3O10S3/c1-8-2-3-12(13(4-8)32(25,26)27)19-20-16-14(33(28,29)30)6-9-5-10(31(22,23)24)7-11(18)15(9)17(16)21/h2-7,21H,18H2,1H3,(H,22,23,24)(H,25,26,27)(H,28,29,30). The maximum Gasteiger partial charge on any atom is 0.296 e. The number of hydrogen-bond acceptors (Lipinski definition) is 10. The van der Waals surface area contributed by atoms with Crippen molar-refractivity contribution in [2.75, 3.05) is 5.73 Å². The van der Waals surface area contributed by atoms with E-state index in [4.69, 9.17) is 5.73 Å². The third kappa shape index (κ3) is 4.95. The molecular weight excluding hydrogens is 502 g/mol. The van der Waals surface area contributed by atoms with Crippen LogP contribution in [0.3, 0.4) is 0 Å². The highest BCUT2D eigenvalue weighted by atomic mass is 32.2. The fourth-order valence-corrected chi connectivity index (χ4v) is 4.87. The molecule has 176 valence electrons. The molecule has 13 nitrogen and oxygen atoms in total. The first-order valence-corrected chi connectivity index (χ1v) is 12.9. The molecule has 0 radical (unpaired) electrons. The summed E-state index contributed by atoms with van der Waals surface area (Å²) >= 11 is 0. The van der Waals surface area contributed by atoms with Gasteiger partial charge in [-0.05, 0) is 48.2 Å². The molecule has 0 spiro atoms. The average Bonchev–Trinajstić information content (AvgIpc) is 2.65. The molecule has 0 bridgehead atoms. The van der Waals surface area contributed by atoms with E-state index in [2.05, 4.69) is 10.2 Å². The Hall–Kier alpha value is -3.15. The van der Waals surface area contributed by atoms with E-state index in [0.717, 1.165) is 30.3 Å². The monoisotopic (exact) mass is 517 g/mol. The summed E-state index contributed by atoms with van der Waals surface area (Å²) in [5, 5.41) is 17.2. The molecule has 16 heteroatoms. The van der Waals surface area contributed by atoms with Gasteiger partial charge in [0.2, 0.25) is 0 Å². The van der Waals surface area contributed by atoms with E-state index in [1.165, 1.54) is 13.0 Å². The number of fused-ring (bicyclic) bond motifs is 1. The second-order valence-corrected chi connectivity index (χ2v) is 11.0. The van der Waals surface area contributed by atoms with Gasteiger partial charge in [0.15, 0.2) is 5.75 Å². The van der Waals surface area contributed by atoms with Gasteiger partial charge in [-0.3, -0.25) is 13.7 Å². The number of nitrogens with two attached hydrogens (primary N) is 1. The zero-order chi connectivity index (χ0) is 24.9. The normalized spacial score (nSPS) is 13.1. The number of nitrogens with zero attached hydrogens (tertiary/aromatic N) is 2. The van der Waals surface area contributed by atoms with Gasteiger partial charge in [-0.25, -0.2) is 0 Å². The van der Waals surface area contributed by atoms with Crippen LogP contribution < -0.4 is 5.73 Å². The average molecular weight is 518 g/mol. The largest absolute Gasteiger partial charge is 0.505 e. The van der Waals surface area contributed by atoms with Crippen LogP contribution in [0, 0.1) is 6.92 Å². The fraction of sp³-hybridized carbons (Fsp3) is 0.0588. The third-order valence-electron chi connectivity index (χ3n) is 4.38. The van der Waals surface area contributed by atoms with Gasteiger partial charge in [0.25, 0.3) is 30.4 Å². The second-order valence-electron chi connectivity index (χ2n) is 6.78. The summed E-state index contributed by atoms with van der Waals surface area (Å²) in [5.74, 6) is -0.941. The van der Waals surface area contributed by atoms with Crippen molar-refractivity contribution < 1.29 is 44.0 Å². The van der Waals surface area contributed by atoms with Crippen LogP contribution in [0.15, 0.2) is 61.3 Å². The fourth-order valence-electron chi connectivity index (χ4n) is 2.95. The van der Waals surface area contributed by atoms with Gasteiger partial charge in [-0.15, -0.1) is 10.2 Å². The topological polar surface area (TPSA) is 234 Å². The van der Waals surface area contributed by atoms with E-state index in [-0.39, 0.29) is 10.8 Å². The molecule has 0 amide bonds. The van der Waals surface area contributed by atoms with Gasteiger partial charge < -0.3 is 10.8 Å². The number of aromatic hydroxyl groups is 1. The number of hydrogen-bond donors (Lipinski definition) is 5. The maximum atomic E-state index is 11.9. The molecule has 3 aromatic rings. The Balaban J connectivity index is 2.37. The molecule has 0 aliphatic rings. The van der Waals surface area contributed by atoms with E-state index < -0.39 is 67.9 Å². The lowest BCUT2D eigenvalue weighted by Crippen LogP contribution is -2.02. The zero-order valence-electron chi connectivity index (χ0n) is 16.4. The minimum Gasteiger partial charge on any atom is -0.505 e. The highest BCUT2D eigenvalue weighted by Gasteiger charge is 2.25. The van der Waals surface area contributed by atoms with Crippen molar-refractivity contribution in [1.82, 2.24) is 0 Å². The molecule has 0 heterocycles. The van der Waals surface area contributed by atoms with Gasteiger partial charge in [0, 0.05) is 11.1 Å². The molecular formula is C17H15N3O10S3. The predicted molar refractivity (Wildman–Crippen MR) is 115 cm³/mol. The molecule has 0 aromatic heterocycles. The number of phenolic OH excluding ortho intramolecular Hbond substituents is 1. The van der Waals surface area contributed by atoms with Crippen LogP contribution in [-0.2, 0) is 30.4 Å². The number of benzene rings is 3.